The second-order valence-electron chi connectivity index (χ2n) is 8.63. The minimum atomic E-state index is -0.488. The van der Waals surface area contributed by atoms with Crippen molar-refractivity contribution in [2.24, 2.45) is 0 Å². The first-order valence-corrected chi connectivity index (χ1v) is 11.4. The van der Waals surface area contributed by atoms with Crippen LogP contribution >= 0.6 is 0 Å². The number of carbonyl (C=O) groups is 2. The molecule has 0 bridgehead atoms. The van der Waals surface area contributed by atoms with Crippen molar-refractivity contribution < 1.29 is 19.1 Å². The summed E-state index contributed by atoms with van der Waals surface area (Å²) in [6.07, 6.45) is 4.39. The average molecular weight is 437 g/mol. The molecule has 2 aromatic carbocycles. The fraction of sp³-hybridized carbons (Fsp3) is 0.462. The van der Waals surface area contributed by atoms with Crippen LogP contribution in [0.25, 0.3) is 0 Å². The summed E-state index contributed by atoms with van der Waals surface area (Å²) in [5.74, 6) is 0.448. The molecule has 1 unspecified atom stereocenters. The molecule has 0 radical (unpaired) electrons. The summed E-state index contributed by atoms with van der Waals surface area (Å²) >= 11 is 0. The largest absolute Gasteiger partial charge is 0.496 e. The smallest absolute Gasteiger partial charge is 0.254 e. The quantitative estimate of drug-likeness (QED) is 0.687. The Kier molecular flexibility index (Phi) is 6.80. The maximum absolute atomic E-state index is 13.7. The molecule has 1 spiro atoms. The first-order valence-electron chi connectivity index (χ1n) is 11.4. The van der Waals surface area contributed by atoms with Crippen molar-refractivity contribution in [3.05, 3.63) is 65.2 Å². The zero-order valence-electron chi connectivity index (χ0n) is 18.9. The second kappa shape index (κ2) is 9.74. The molecule has 1 N–H and O–H groups in total. The SMILES string of the molecule is COCCN1C(=O)c2ccccc2C(C(=O)NCCc2ccccc2OC)C12CCCC2. The number of ether oxygens (including phenoxy) is 2. The van der Waals surface area contributed by atoms with Crippen LogP contribution in [-0.2, 0) is 16.0 Å². The highest BCUT2D eigenvalue weighted by atomic mass is 16.5. The number of nitrogens with one attached hydrogen (secondary N) is 1. The van der Waals surface area contributed by atoms with E-state index in [4.69, 9.17) is 9.47 Å². The van der Waals surface area contributed by atoms with E-state index in [1.54, 1.807) is 14.2 Å². The standard InChI is InChI=1S/C26H32N2O4/c1-31-18-17-28-25(30)21-11-5-4-10-20(21)23(26(28)14-7-8-15-26)24(29)27-16-13-19-9-3-6-12-22(19)32-2/h3-6,9-12,23H,7-8,13-18H2,1-2H3,(H,27,29). The van der Waals surface area contributed by atoms with Crippen LogP contribution in [-0.4, -0.2) is 56.2 Å². The second-order valence-corrected chi connectivity index (χ2v) is 8.63. The Morgan fingerprint density at radius 3 is 2.56 bits per heavy atom. The van der Waals surface area contributed by atoms with Crippen molar-refractivity contribution in [1.29, 1.82) is 0 Å². The summed E-state index contributed by atoms with van der Waals surface area (Å²) in [4.78, 5) is 29.1. The lowest BCUT2D eigenvalue weighted by atomic mass is 9.71. The molecule has 6 nitrogen and oxygen atoms in total. The van der Waals surface area contributed by atoms with Crippen LogP contribution in [0, 0.1) is 0 Å². The van der Waals surface area contributed by atoms with Crippen LogP contribution in [0.15, 0.2) is 48.5 Å². The molecule has 6 heteroatoms. The van der Waals surface area contributed by atoms with Gasteiger partial charge in [0.1, 0.15) is 5.75 Å². The first kappa shape index (κ1) is 22.3. The number of methoxy groups -OCH3 is 2. The first-order chi connectivity index (χ1) is 15.6. The summed E-state index contributed by atoms with van der Waals surface area (Å²) in [7, 11) is 3.30. The molecule has 1 heterocycles. The monoisotopic (exact) mass is 436 g/mol. The van der Waals surface area contributed by atoms with Crippen molar-refractivity contribution in [1.82, 2.24) is 10.2 Å². The van der Waals surface area contributed by atoms with Crippen LogP contribution in [0.5, 0.6) is 5.75 Å². The zero-order valence-corrected chi connectivity index (χ0v) is 18.9. The zero-order chi connectivity index (χ0) is 22.6. The molecule has 4 rings (SSSR count). The van der Waals surface area contributed by atoms with Gasteiger partial charge in [0.15, 0.2) is 0 Å². The van der Waals surface area contributed by atoms with Gasteiger partial charge in [-0.2, -0.15) is 0 Å². The molecule has 2 aliphatic rings. The maximum atomic E-state index is 13.7. The lowest BCUT2D eigenvalue weighted by molar-refractivity contribution is -0.126. The van der Waals surface area contributed by atoms with Gasteiger partial charge in [-0.25, -0.2) is 0 Å². The van der Waals surface area contributed by atoms with Gasteiger partial charge < -0.3 is 19.7 Å². The summed E-state index contributed by atoms with van der Waals surface area (Å²) in [6.45, 7) is 1.46. The van der Waals surface area contributed by atoms with Gasteiger partial charge in [0.05, 0.1) is 25.2 Å². The van der Waals surface area contributed by atoms with E-state index < -0.39 is 5.54 Å². The van der Waals surface area contributed by atoms with E-state index in [2.05, 4.69) is 5.32 Å². The van der Waals surface area contributed by atoms with Gasteiger partial charge in [-0.15, -0.1) is 0 Å². The van der Waals surface area contributed by atoms with E-state index in [1.165, 1.54) is 0 Å². The molecule has 1 aliphatic heterocycles. The minimum absolute atomic E-state index is 0.0100. The number of fused-ring (bicyclic) bond motifs is 1. The molecule has 1 aliphatic carbocycles. The Bertz CT molecular complexity index is 968. The van der Waals surface area contributed by atoms with Gasteiger partial charge >= 0.3 is 0 Å². The Morgan fingerprint density at radius 2 is 1.81 bits per heavy atom. The van der Waals surface area contributed by atoms with Crippen molar-refractivity contribution >= 4 is 11.8 Å². The average Bonchev–Trinajstić information content (AvgIpc) is 3.29. The van der Waals surface area contributed by atoms with Gasteiger partial charge in [-0.05, 0) is 42.5 Å². The van der Waals surface area contributed by atoms with E-state index in [-0.39, 0.29) is 17.7 Å². The summed E-state index contributed by atoms with van der Waals surface area (Å²) < 4.78 is 10.7. The molecule has 1 fully saturated rings. The summed E-state index contributed by atoms with van der Waals surface area (Å²) in [6, 6.07) is 15.5. The van der Waals surface area contributed by atoms with Crippen molar-refractivity contribution in [3.63, 3.8) is 0 Å². The molecule has 0 saturated heterocycles. The summed E-state index contributed by atoms with van der Waals surface area (Å²) in [5.41, 5.74) is 2.05. The molecule has 32 heavy (non-hydrogen) atoms. The van der Waals surface area contributed by atoms with Gasteiger partial charge in [-0.3, -0.25) is 9.59 Å². The highest BCUT2D eigenvalue weighted by molar-refractivity contribution is 6.02. The summed E-state index contributed by atoms with van der Waals surface area (Å²) in [5, 5.41) is 3.17. The Balaban J connectivity index is 1.61. The van der Waals surface area contributed by atoms with Crippen molar-refractivity contribution in [2.45, 2.75) is 43.6 Å². The number of para-hydroxylation sites is 1. The minimum Gasteiger partial charge on any atom is -0.496 e. The van der Waals surface area contributed by atoms with Gasteiger partial charge in [0.2, 0.25) is 5.91 Å². The maximum Gasteiger partial charge on any atom is 0.254 e. The number of benzene rings is 2. The number of carbonyl (C=O) groups excluding carboxylic acids is 2. The van der Waals surface area contributed by atoms with E-state index >= 15 is 0 Å². The molecular weight excluding hydrogens is 404 g/mol. The predicted octanol–water partition coefficient (Wildman–Crippen LogP) is 3.55. The lowest BCUT2D eigenvalue weighted by Crippen LogP contribution is -2.61. The normalized spacial score (nSPS) is 19.1. The van der Waals surface area contributed by atoms with E-state index in [9.17, 15) is 9.59 Å². The van der Waals surface area contributed by atoms with E-state index in [0.29, 0.717) is 31.7 Å². The van der Waals surface area contributed by atoms with Gasteiger partial charge in [-0.1, -0.05) is 49.2 Å². The number of amides is 2. The molecule has 0 aromatic heterocycles. The lowest BCUT2D eigenvalue weighted by Gasteiger charge is -2.50. The fourth-order valence-corrected chi connectivity index (χ4v) is 5.51. The van der Waals surface area contributed by atoms with Crippen molar-refractivity contribution in [2.75, 3.05) is 33.9 Å². The van der Waals surface area contributed by atoms with Crippen LogP contribution in [0.3, 0.4) is 0 Å². The van der Waals surface area contributed by atoms with E-state index in [0.717, 1.165) is 42.6 Å². The number of hydrogen-bond donors (Lipinski definition) is 1. The molecule has 2 aromatic rings. The van der Waals surface area contributed by atoms with Crippen LogP contribution in [0.1, 0.15) is 53.1 Å². The molecule has 170 valence electrons. The van der Waals surface area contributed by atoms with Gasteiger partial charge in [0.25, 0.3) is 5.91 Å². The molecule has 1 saturated carbocycles. The Morgan fingerprint density at radius 1 is 1.09 bits per heavy atom. The van der Waals surface area contributed by atoms with Crippen molar-refractivity contribution in [3.8, 4) is 5.75 Å². The predicted molar refractivity (Wildman–Crippen MR) is 123 cm³/mol. The Hall–Kier alpha value is -2.86. The third kappa shape index (κ3) is 3.99. The Labute approximate surface area is 189 Å². The highest BCUT2D eigenvalue weighted by Crippen LogP contribution is 2.50. The van der Waals surface area contributed by atoms with Gasteiger partial charge in [0, 0.05) is 25.8 Å². The highest BCUT2D eigenvalue weighted by Gasteiger charge is 2.55. The third-order valence-electron chi connectivity index (χ3n) is 6.96. The molecule has 2 amide bonds. The van der Waals surface area contributed by atoms with Crippen LogP contribution < -0.4 is 10.1 Å². The molecular formula is C26H32N2O4. The van der Waals surface area contributed by atoms with Crippen LogP contribution in [0.4, 0.5) is 0 Å². The fourth-order valence-electron chi connectivity index (χ4n) is 5.51. The number of rotatable bonds is 8. The number of hydrogen-bond acceptors (Lipinski definition) is 4. The van der Waals surface area contributed by atoms with Crippen LogP contribution in [0.2, 0.25) is 0 Å². The number of nitrogens with zero attached hydrogens (tertiary/aromatic N) is 1. The van der Waals surface area contributed by atoms with E-state index in [1.807, 2.05) is 53.4 Å². The topological polar surface area (TPSA) is 67.9 Å². The third-order valence-corrected chi connectivity index (χ3v) is 6.96. The molecule has 1 atom stereocenters.